The van der Waals surface area contributed by atoms with Gasteiger partial charge in [0.2, 0.25) is 0 Å². The van der Waals surface area contributed by atoms with Gasteiger partial charge in [-0.3, -0.25) is 0 Å². The average molecular weight is 144 g/mol. The number of rotatable bonds is 2. The van der Waals surface area contributed by atoms with Crippen molar-refractivity contribution in [1.29, 1.82) is 0 Å². The second-order valence-corrected chi connectivity index (χ2v) is 1.76. The number of allylic oxidation sites excluding steroid dienone is 1. The molecule has 0 aliphatic carbocycles. The Morgan fingerprint density at radius 1 is 1.70 bits per heavy atom. The molecule has 0 heterocycles. The average Bonchev–Trinajstić information content (AvgIpc) is 1.87. The van der Waals surface area contributed by atoms with Crippen LogP contribution in [0.5, 0.6) is 0 Å². The van der Waals surface area contributed by atoms with E-state index >= 15 is 0 Å². The summed E-state index contributed by atoms with van der Waals surface area (Å²) in [6, 6.07) is 0. The van der Waals surface area contributed by atoms with Gasteiger partial charge in [-0.25, -0.2) is 9.59 Å². The monoisotopic (exact) mass is 144 g/mol. The summed E-state index contributed by atoms with van der Waals surface area (Å²) in [4.78, 5) is 20.2. The van der Waals surface area contributed by atoms with Gasteiger partial charge in [0.15, 0.2) is 11.7 Å². The van der Waals surface area contributed by atoms with Crippen LogP contribution in [0.2, 0.25) is 0 Å². The van der Waals surface area contributed by atoms with Gasteiger partial charge in [0.05, 0.1) is 0 Å². The molecule has 0 radical (unpaired) electrons. The number of aliphatic hydroxyl groups excluding tert-OH is 1. The van der Waals surface area contributed by atoms with Crippen LogP contribution in [-0.4, -0.2) is 23.1 Å². The summed E-state index contributed by atoms with van der Waals surface area (Å²) in [7, 11) is 0. The molecule has 0 saturated carbocycles. The van der Waals surface area contributed by atoms with Crippen molar-refractivity contribution in [1.82, 2.24) is 0 Å². The Morgan fingerprint density at radius 3 is 2.50 bits per heavy atom. The van der Waals surface area contributed by atoms with Gasteiger partial charge in [0.25, 0.3) is 0 Å². The molecule has 0 fully saturated rings. The largest absolute Gasteiger partial charge is 0.417 e. The third kappa shape index (κ3) is 3.02. The maximum Gasteiger partial charge on any atom is 0.340 e. The van der Waals surface area contributed by atoms with Gasteiger partial charge in [-0.05, 0) is 6.92 Å². The molecule has 0 rings (SSSR count). The van der Waals surface area contributed by atoms with Crippen molar-refractivity contribution >= 4 is 11.9 Å². The van der Waals surface area contributed by atoms with Crippen molar-refractivity contribution in [3.8, 4) is 0 Å². The van der Waals surface area contributed by atoms with Crippen molar-refractivity contribution in [3.63, 3.8) is 0 Å². The number of aliphatic hydroxyl groups is 1. The van der Waals surface area contributed by atoms with E-state index in [1.165, 1.54) is 19.8 Å². The molecule has 56 valence electrons. The minimum absolute atomic E-state index is 0.175. The van der Waals surface area contributed by atoms with Gasteiger partial charge in [-0.1, -0.05) is 0 Å². The Balaban J connectivity index is 3.93. The van der Waals surface area contributed by atoms with E-state index in [2.05, 4.69) is 4.74 Å². The zero-order valence-electron chi connectivity index (χ0n) is 5.75. The minimum Gasteiger partial charge on any atom is -0.417 e. The highest BCUT2D eigenvalue weighted by molar-refractivity contribution is 5.76. The van der Waals surface area contributed by atoms with Crippen LogP contribution in [0.3, 0.4) is 0 Å². The first-order valence-corrected chi connectivity index (χ1v) is 2.69. The Kier molecular flexibility index (Phi) is 3.39. The molecule has 0 aromatic rings. The van der Waals surface area contributed by atoms with E-state index in [1.807, 2.05) is 0 Å². The van der Waals surface area contributed by atoms with Crippen molar-refractivity contribution < 1.29 is 19.4 Å². The lowest BCUT2D eigenvalue weighted by Crippen LogP contribution is -2.18. The van der Waals surface area contributed by atoms with Crippen LogP contribution >= 0.6 is 0 Å². The molecule has 0 aliphatic rings. The molecule has 4 nitrogen and oxygen atoms in total. The van der Waals surface area contributed by atoms with E-state index in [4.69, 9.17) is 5.11 Å². The smallest absolute Gasteiger partial charge is 0.340 e. The summed E-state index contributed by atoms with van der Waals surface area (Å²) in [5.41, 5.74) is 0. The second kappa shape index (κ2) is 3.82. The summed E-state index contributed by atoms with van der Waals surface area (Å²) in [5.74, 6) is 0.342. The third-order valence-electron chi connectivity index (χ3n) is 0.739. The fourth-order valence-corrected chi connectivity index (χ4v) is 0.257. The van der Waals surface area contributed by atoms with Crippen LogP contribution in [-0.2, 0) is 14.3 Å². The van der Waals surface area contributed by atoms with Crippen LogP contribution in [0.15, 0.2) is 5.76 Å². The van der Waals surface area contributed by atoms with Crippen molar-refractivity contribution in [2.75, 3.05) is 0 Å². The van der Waals surface area contributed by atoms with E-state index in [0.29, 0.717) is 0 Å². The number of hydrogen-bond acceptors (Lipinski definition) is 4. The molecular formula is C6H8O4. The molecule has 10 heavy (non-hydrogen) atoms. The maximum absolute atomic E-state index is 10.4. The van der Waals surface area contributed by atoms with Crippen molar-refractivity contribution in [2.24, 2.45) is 0 Å². The Hall–Kier alpha value is -1.12. The molecule has 1 atom stereocenters. The van der Waals surface area contributed by atoms with Gasteiger partial charge in [-0.15, -0.1) is 0 Å². The number of esters is 1. The highest BCUT2D eigenvalue weighted by Crippen LogP contribution is 1.93. The molecule has 0 aliphatic heterocycles. The molecule has 0 aromatic heterocycles. The SMILES string of the molecule is CC(=C=O)OC(=O)C(C)O. The molecular weight excluding hydrogens is 136 g/mol. The predicted octanol–water partition coefficient (Wildman–Crippen LogP) is -0.354. The molecule has 1 unspecified atom stereocenters. The van der Waals surface area contributed by atoms with E-state index in [-0.39, 0.29) is 5.76 Å². The summed E-state index contributed by atoms with van der Waals surface area (Å²) < 4.78 is 4.27. The van der Waals surface area contributed by atoms with Gasteiger partial charge in [0, 0.05) is 6.92 Å². The lowest BCUT2D eigenvalue weighted by molar-refractivity contribution is -0.147. The molecule has 4 heteroatoms. The van der Waals surface area contributed by atoms with Crippen LogP contribution in [0.1, 0.15) is 13.8 Å². The normalized spacial score (nSPS) is 11.5. The number of ether oxygens (including phenoxy) is 1. The van der Waals surface area contributed by atoms with Crippen LogP contribution in [0.4, 0.5) is 0 Å². The molecule has 0 spiro atoms. The molecule has 0 bridgehead atoms. The van der Waals surface area contributed by atoms with E-state index in [9.17, 15) is 9.59 Å². The van der Waals surface area contributed by atoms with Crippen LogP contribution in [0.25, 0.3) is 0 Å². The second-order valence-electron chi connectivity index (χ2n) is 1.76. The number of hydrogen-bond donors (Lipinski definition) is 1. The first-order chi connectivity index (χ1) is 4.57. The summed E-state index contributed by atoms with van der Waals surface area (Å²) >= 11 is 0. The Bertz CT molecular complexity index is 176. The highest BCUT2D eigenvalue weighted by atomic mass is 16.6. The van der Waals surface area contributed by atoms with Gasteiger partial charge in [-0.2, -0.15) is 0 Å². The van der Waals surface area contributed by atoms with Gasteiger partial charge in [0.1, 0.15) is 6.10 Å². The summed E-state index contributed by atoms with van der Waals surface area (Å²) in [6.45, 7) is 2.54. The lowest BCUT2D eigenvalue weighted by atomic mass is 10.4. The summed E-state index contributed by atoms with van der Waals surface area (Å²) in [6.07, 6.45) is -1.21. The molecule has 0 saturated heterocycles. The zero-order chi connectivity index (χ0) is 8.15. The first-order valence-electron chi connectivity index (χ1n) is 2.69. The molecule has 0 aromatic carbocycles. The number of carbonyl (C=O) groups excluding carboxylic acids is 2. The van der Waals surface area contributed by atoms with E-state index < -0.39 is 12.1 Å². The maximum atomic E-state index is 10.4. The Labute approximate surface area is 58.1 Å². The fraction of sp³-hybridized carbons (Fsp3) is 0.500. The topological polar surface area (TPSA) is 63.6 Å². The van der Waals surface area contributed by atoms with Crippen LogP contribution in [0, 0.1) is 0 Å². The fourth-order valence-electron chi connectivity index (χ4n) is 0.257. The third-order valence-corrected chi connectivity index (χ3v) is 0.739. The zero-order valence-corrected chi connectivity index (χ0v) is 5.75. The first kappa shape index (κ1) is 8.88. The molecule has 1 N–H and O–H groups in total. The number of carbonyl (C=O) groups is 1. The summed E-state index contributed by atoms with van der Waals surface area (Å²) in [5, 5.41) is 8.55. The van der Waals surface area contributed by atoms with Crippen LogP contribution < -0.4 is 0 Å². The van der Waals surface area contributed by atoms with E-state index in [0.717, 1.165) is 0 Å². The highest BCUT2D eigenvalue weighted by Gasteiger charge is 2.10. The molecule has 0 amide bonds. The Morgan fingerprint density at radius 2 is 2.20 bits per heavy atom. The van der Waals surface area contributed by atoms with Crippen molar-refractivity contribution in [2.45, 2.75) is 20.0 Å². The minimum atomic E-state index is -1.21. The standard InChI is InChI=1S/C6H8O4/c1-4(3-7)10-6(9)5(2)8/h5,8H,1-2H3. The van der Waals surface area contributed by atoms with E-state index in [1.54, 1.807) is 0 Å². The quantitative estimate of drug-likeness (QED) is 0.326. The van der Waals surface area contributed by atoms with Gasteiger partial charge >= 0.3 is 5.97 Å². The van der Waals surface area contributed by atoms with Crippen molar-refractivity contribution in [3.05, 3.63) is 5.76 Å². The predicted molar refractivity (Wildman–Crippen MR) is 32.7 cm³/mol. The lowest BCUT2D eigenvalue weighted by Gasteiger charge is -2.01. The van der Waals surface area contributed by atoms with Gasteiger partial charge < -0.3 is 9.84 Å².